The summed E-state index contributed by atoms with van der Waals surface area (Å²) in [6.45, 7) is 0. The summed E-state index contributed by atoms with van der Waals surface area (Å²) in [7, 11) is 0. The molecule has 0 fully saturated rings. The highest BCUT2D eigenvalue weighted by Gasteiger charge is 2.22. The third kappa shape index (κ3) is 2.24. The van der Waals surface area contributed by atoms with E-state index in [0.717, 1.165) is 33.6 Å². The summed E-state index contributed by atoms with van der Waals surface area (Å²) in [4.78, 5) is 9.88. The molecular formula is C32H18N4. The van der Waals surface area contributed by atoms with Gasteiger partial charge in [0.25, 0.3) is 0 Å². The minimum Gasteiger partial charge on any atom is -0.277 e. The zero-order chi connectivity index (χ0) is 23.4. The second-order valence-electron chi connectivity index (χ2n) is 9.59. The molecule has 4 nitrogen and oxygen atoms in total. The van der Waals surface area contributed by atoms with Crippen LogP contribution in [0.4, 0.5) is 0 Å². The van der Waals surface area contributed by atoms with Crippen molar-refractivity contribution in [1.82, 2.24) is 18.8 Å². The van der Waals surface area contributed by atoms with Gasteiger partial charge < -0.3 is 0 Å². The molecule has 0 N–H and O–H groups in total. The van der Waals surface area contributed by atoms with E-state index in [2.05, 4.69) is 105 Å². The van der Waals surface area contributed by atoms with Crippen molar-refractivity contribution in [2.75, 3.05) is 0 Å². The van der Waals surface area contributed by atoms with Gasteiger partial charge in [0.2, 0.25) is 5.78 Å². The Morgan fingerprint density at radius 2 is 1.22 bits per heavy atom. The fraction of sp³-hybridized carbons (Fsp3) is 0. The van der Waals surface area contributed by atoms with Crippen LogP contribution in [0.15, 0.2) is 109 Å². The molecule has 0 saturated carbocycles. The van der Waals surface area contributed by atoms with Crippen molar-refractivity contribution in [1.29, 1.82) is 0 Å². The molecule has 4 heterocycles. The minimum atomic E-state index is 0.948. The molecule has 36 heavy (non-hydrogen) atoms. The van der Waals surface area contributed by atoms with Crippen LogP contribution in [0.3, 0.4) is 0 Å². The second kappa shape index (κ2) is 6.37. The first kappa shape index (κ1) is 18.4. The lowest BCUT2D eigenvalue weighted by Crippen LogP contribution is -1.86. The van der Waals surface area contributed by atoms with Crippen LogP contribution in [0.2, 0.25) is 0 Å². The lowest BCUT2D eigenvalue weighted by atomic mass is 10.0. The lowest BCUT2D eigenvalue weighted by molar-refractivity contribution is 1.22. The first-order valence-electron chi connectivity index (χ1n) is 12.2. The van der Waals surface area contributed by atoms with Gasteiger partial charge in [0.15, 0.2) is 0 Å². The zero-order valence-corrected chi connectivity index (χ0v) is 19.2. The molecule has 0 saturated heterocycles. The lowest BCUT2D eigenvalue weighted by Gasteiger charge is -2.04. The van der Waals surface area contributed by atoms with Crippen LogP contribution in [-0.2, 0) is 0 Å². The highest BCUT2D eigenvalue weighted by Crippen LogP contribution is 2.41. The maximum absolute atomic E-state index is 5.20. The molecule has 0 aliphatic heterocycles. The van der Waals surface area contributed by atoms with Crippen molar-refractivity contribution < 1.29 is 0 Å². The number of imidazole rings is 2. The Bertz CT molecular complexity index is 2310. The van der Waals surface area contributed by atoms with Crippen molar-refractivity contribution in [3.63, 3.8) is 0 Å². The van der Waals surface area contributed by atoms with E-state index in [4.69, 9.17) is 4.98 Å². The molecular weight excluding hydrogens is 440 g/mol. The van der Waals surface area contributed by atoms with Crippen LogP contribution in [0.1, 0.15) is 0 Å². The van der Waals surface area contributed by atoms with Gasteiger partial charge in [-0.2, -0.15) is 0 Å². The number of nitrogens with zero attached hydrogens (tertiary/aromatic N) is 4. The summed E-state index contributed by atoms with van der Waals surface area (Å²) >= 11 is 0. The molecule has 0 amide bonds. The van der Waals surface area contributed by atoms with Crippen molar-refractivity contribution in [3.8, 4) is 11.3 Å². The van der Waals surface area contributed by atoms with Crippen LogP contribution >= 0.6 is 0 Å². The van der Waals surface area contributed by atoms with Crippen molar-refractivity contribution in [2.24, 2.45) is 0 Å². The Labute approximate surface area is 205 Å². The summed E-state index contributed by atoms with van der Waals surface area (Å²) in [5.74, 6) is 0.948. The predicted octanol–water partition coefficient (Wildman–Crippen LogP) is 7.85. The predicted molar refractivity (Wildman–Crippen MR) is 148 cm³/mol. The molecule has 0 radical (unpaired) electrons. The molecule has 4 aromatic heterocycles. The van der Waals surface area contributed by atoms with Gasteiger partial charge in [0.1, 0.15) is 0 Å². The fourth-order valence-electron chi connectivity index (χ4n) is 6.01. The number of fused-ring (bicyclic) bond motifs is 10. The van der Waals surface area contributed by atoms with Crippen molar-refractivity contribution in [2.45, 2.75) is 0 Å². The number of hydrogen-bond acceptors (Lipinski definition) is 2. The van der Waals surface area contributed by atoms with E-state index in [1.54, 1.807) is 0 Å². The van der Waals surface area contributed by atoms with E-state index >= 15 is 0 Å². The highest BCUT2D eigenvalue weighted by molar-refractivity contribution is 6.19. The van der Waals surface area contributed by atoms with Crippen LogP contribution < -0.4 is 0 Å². The van der Waals surface area contributed by atoms with Crippen LogP contribution in [0, 0.1) is 0 Å². The molecule has 0 unspecified atom stereocenters. The summed E-state index contributed by atoms with van der Waals surface area (Å²) in [6, 6.07) is 36.8. The van der Waals surface area contributed by atoms with Gasteiger partial charge in [-0.05, 0) is 70.1 Å². The van der Waals surface area contributed by atoms with Gasteiger partial charge in [0.05, 0.1) is 33.3 Å². The monoisotopic (exact) mass is 458 g/mol. The largest absolute Gasteiger partial charge is 0.277 e. The van der Waals surface area contributed by atoms with E-state index in [0.29, 0.717) is 0 Å². The topological polar surface area (TPSA) is 34.6 Å². The highest BCUT2D eigenvalue weighted by atomic mass is 15.2. The van der Waals surface area contributed by atoms with Crippen LogP contribution in [-0.4, -0.2) is 18.8 Å². The standard InChI is InChI=1S/C32H18N4/c1-3-9-21-16-28-24(13-19(21)7-1)25-14-23(26-11-5-6-12-33-26)18-30-31(25)36(28)32-34-27-15-20-8-2-4-10-22(20)17-29(27)35(30)32/h1-18H. The smallest absolute Gasteiger partial charge is 0.220 e. The van der Waals surface area contributed by atoms with Gasteiger partial charge in [-0.25, -0.2) is 4.98 Å². The third-order valence-corrected chi connectivity index (χ3v) is 7.61. The number of rotatable bonds is 1. The number of hydrogen-bond donors (Lipinski definition) is 0. The summed E-state index contributed by atoms with van der Waals surface area (Å²) in [5, 5.41) is 7.37. The van der Waals surface area contributed by atoms with Gasteiger partial charge >= 0.3 is 0 Å². The Morgan fingerprint density at radius 3 is 1.97 bits per heavy atom. The van der Waals surface area contributed by atoms with E-state index in [-0.39, 0.29) is 0 Å². The van der Waals surface area contributed by atoms with Gasteiger partial charge in [0, 0.05) is 22.5 Å². The Morgan fingerprint density at radius 1 is 0.528 bits per heavy atom. The maximum Gasteiger partial charge on any atom is 0.220 e. The zero-order valence-electron chi connectivity index (χ0n) is 19.2. The normalized spacial score (nSPS) is 12.4. The van der Waals surface area contributed by atoms with Crippen molar-refractivity contribution in [3.05, 3.63) is 109 Å². The molecule has 0 aliphatic rings. The van der Waals surface area contributed by atoms with Gasteiger partial charge in [-0.1, -0.05) is 54.6 Å². The Kier molecular flexibility index (Phi) is 3.25. The molecule has 0 bridgehead atoms. The molecule has 9 aromatic rings. The van der Waals surface area contributed by atoms with E-state index < -0.39 is 0 Å². The molecule has 0 aliphatic carbocycles. The average molecular weight is 459 g/mol. The van der Waals surface area contributed by atoms with Crippen LogP contribution in [0.25, 0.3) is 76.9 Å². The molecule has 5 aromatic carbocycles. The maximum atomic E-state index is 5.20. The number of pyridine rings is 1. The second-order valence-corrected chi connectivity index (χ2v) is 9.59. The number of aromatic nitrogens is 4. The molecule has 166 valence electrons. The third-order valence-electron chi connectivity index (χ3n) is 7.61. The van der Waals surface area contributed by atoms with Gasteiger partial charge in [-0.15, -0.1) is 0 Å². The van der Waals surface area contributed by atoms with E-state index in [1.165, 1.54) is 43.4 Å². The quantitative estimate of drug-likeness (QED) is 0.251. The van der Waals surface area contributed by atoms with Crippen molar-refractivity contribution >= 4 is 65.7 Å². The molecule has 9 rings (SSSR count). The van der Waals surface area contributed by atoms with Gasteiger partial charge in [-0.3, -0.25) is 13.8 Å². The Hall–Kier alpha value is -4.96. The summed E-state index contributed by atoms with van der Waals surface area (Å²) in [5.41, 5.74) is 7.76. The van der Waals surface area contributed by atoms with E-state index in [1.807, 2.05) is 18.3 Å². The first-order valence-corrected chi connectivity index (χ1v) is 12.2. The SMILES string of the molecule is c1ccc(-c2cc3c4cc5ccccc5cc4n4c3c(c2)n2c3cc5ccccc5cc3nc24)nc1. The summed E-state index contributed by atoms with van der Waals surface area (Å²) < 4.78 is 4.67. The molecule has 4 heteroatoms. The van der Waals surface area contributed by atoms with Crippen LogP contribution in [0.5, 0.6) is 0 Å². The Balaban J connectivity index is 1.56. The minimum absolute atomic E-state index is 0.948. The number of benzene rings is 5. The van der Waals surface area contributed by atoms with E-state index in [9.17, 15) is 0 Å². The fourth-order valence-corrected chi connectivity index (χ4v) is 6.01. The molecule has 0 spiro atoms. The average Bonchev–Trinajstić information content (AvgIpc) is 3.55. The summed E-state index contributed by atoms with van der Waals surface area (Å²) in [6.07, 6.45) is 1.86. The molecule has 0 atom stereocenters. The first-order chi connectivity index (χ1) is 17.8.